The minimum absolute atomic E-state index is 0.286. The number of allylic oxidation sites excluding steroid dienone is 1. The van der Waals surface area contributed by atoms with Gasteiger partial charge in [0.25, 0.3) is 0 Å². The Labute approximate surface area is 177 Å². The van der Waals surface area contributed by atoms with Crippen molar-refractivity contribution >= 4 is 11.8 Å². The molecule has 2 N–H and O–H groups in total. The summed E-state index contributed by atoms with van der Waals surface area (Å²) in [6, 6.07) is 18.2. The van der Waals surface area contributed by atoms with E-state index < -0.39 is 5.60 Å². The van der Waals surface area contributed by atoms with Gasteiger partial charge in [0, 0.05) is 17.2 Å². The molecule has 4 rings (SSSR count). The Hall–Kier alpha value is -3.34. The molecule has 154 valence electrons. The monoisotopic (exact) mass is 401 g/mol. The van der Waals surface area contributed by atoms with Crippen LogP contribution in [0.3, 0.4) is 0 Å². The zero-order chi connectivity index (χ0) is 21.5. The number of nitrogens with zero attached hydrogens (tertiary/aromatic N) is 1. The SMILES string of the molecule is CC1=C(C(=O)OC(C)(C)C)C(c2ccccc2C)c2c(n[nH]c2-c2ccccc2)N1. The molecular formula is C25H27N3O2. The molecule has 2 heterocycles. The van der Waals surface area contributed by atoms with Crippen molar-refractivity contribution < 1.29 is 9.53 Å². The van der Waals surface area contributed by atoms with Gasteiger partial charge in [-0.3, -0.25) is 5.10 Å². The zero-order valence-corrected chi connectivity index (χ0v) is 18.0. The van der Waals surface area contributed by atoms with Crippen molar-refractivity contribution in [1.29, 1.82) is 0 Å². The first-order chi connectivity index (χ1) is 14.3. The maximum atomic E-state index is 13.3. The third kappa shape index (κ3) is 3.63. The summed E-state index contributed by atoms with van der Waals surface area (Å²) in [5.41, 5.74) is 5.86. The lowest BCUT2D eigenvalue weighted by Crippen LogP contribution is -2.30. The maximum Gasteiger partial charge on any atom is 0.337 e. The highest BCUT2D eigenvalue weighted by molar-refractivity contribution is 5.96. The number of hydrogen-bond donors (Lipinski definition) is 2. The number of rotatable bonds is 3. The summed E-state index contributed by atoms with van der Waals surface area (Å²) >= 11 is 0. The van der Waals surface area contributed by atoms with Crippen molar-refractivity contribution in [2.45, 2.75) is 46.1 Å². The Bertz CT molecular complexity index is 1120. The highest BCUT2D eigenvalue weighted by atomic mass is 16.6. The molecule has 0 fully saturated rings. The number of aryl methyl sites for hydroxylation is 1. The molecule has 30 heavy (non-hydrogen) atoms. The molecule has 5 nitrogen and oxygen atoms in total. The minimum Gasteiger partial charge on any atom is -0.457 e. The highest BCUT2D eigenvalue weighted by Gasteiger charge is 2.38. The number of aromatic amines is 1. The molecule has 1 aromatic heterocycles. The standard InChI is InChI=1S/C25H27N3O2/c1-15-11-9-10-14-18(15)20-19(24(29)30-25(3,4)5)16(2)26-23-21(20)22(27-28-23)17-12-7-6-8-13-17/h6-14,20H,1-5H3,(H2,26,27,28). The van der Waals surface area contributed by atoms with E-state index in [0.29, 0.717) is 5.57 Å². The van der Waals surface area contributed by atoms with Gasteiger partial charge in [0.15, 0.2) is 5.82 Å². The number of carbonyl (C=O) groups excluding carboxylic acids is 1. The fourth-order valence-electron chi connectivity index (χ4n) is 3.98. The number of aromatic nitrogens is 2. The first-order valence-corrected chi connectivity index (χ1v) is 10.2. The van der Waals surface area contributed by atoms with Gasteiger partial charge < -0.3 is 10.1 Å². The summed E-state index contributed by atoms with van der Waals surface area (Å²) in [5.74, 6) is 0.143. The molecule has 0 radical (unpaired) electrons. The predicted molar refractivity (Wildman–Crippen MR) is 119 cm³/mol. The molecule has 0 bridgehead atoms. The van der Waals surface area contributed by atoms with Crippen molar-refractivity contribution in [1.82, 2.24) is 10.2 Å². The largest absolute Gasteiger partial charge is 0.457 e. The lowest BCUT2D eigenvalue weighted by molar-refractivity contribution is -0.150. The number of hydrogen-bond acceptors (Lipinski definition) is 4. The lowest BCUT2D eigenvalue weighted by Gasteiger charge is -2.31. The van der Waals surface area contributed by atoms with Crippen molar-refractivity contribution in [3.63, 3.8) is 0 Å². The smallest absolute Gasteiger partial charge is 0.337 e. The van der Waals surface area contributed by atoms with Gasteiger partial charge in [0.2, 0.25) is 0 Å². The molecular weight excluding hydrogens is 374 g/mol. The number of ether oxygens (including phenoxy) is 1. The molecule has 0 spiro atoms. The van der Waals surface area contributed by atoms with Crippen molar-refractivity contribution in [2.24, 2.45) is 0 Å². The molecule has 0 saturated heterocycles. The van der Waals surface area contributed by atoms with E-state index in [0.717, 1.165) is 39.5 Å². The van der Waals surface area contributed by atoms with Crippen molar-refractivity contribution in [2.75, 3.05) is 5.32 Å². The summed E-state index contributed by atoms with van der Waals surface area (Å²) < 4.78 is 5.81. The fraction of sp³-hybridized carbons (Fsp3) is 0.280. The van der Waals surface area contributed by atoms with E-state index >= 15 is 0 Å². The van der Waals surface area contributed by atoms with E-state index in [4.69, 9.17) is 4.74 Å². The highest BCUT2D eigenvalue weighted by Crippen LogP contribution is 2.46. The fourth-order valence-corrected chi connectivity index (χ4v) is 3.98. The Morgan fingerprint density at radius 1 is 1.00 bits per heavy atom. The quantitative estimate of drug-likeness (QED) is 0.564. The van der Waals surface area contributed by atoms with Gasteiger partial charge in [-0.2, -0.15) is 5.10 Å². The molecule has 1 atom stereocenters. The van der Waals surface area contributed by atoms with Gasteiger partial charge in [0.1, 0.15) is 5.60 Å². The summed E-state index contributed by atoms with van der Waals surface area (Å²) in [6.07, 6.45) is 0. The van der Waals surface area contributed by atoms with Crippen LogP contribution >= 0.6 is 0 Å². The number of anilines is 1. The first-order valence-electron chi connectivity index (χ1n) is 10.2. The Kier molecular flexibility index (Phi) is 4.98. The molecule has 1 unspecified atom stereocenters. The van der Waals surface area contributed by atoms with Crippen LogP contribution in [0.5, 0.6) is 0 Å². The van der Waals surface area contributed by atoms with E-state index in [1.807, 2.05) is 70.2 Å². The first kappa shape index (κ1) is 20.0. The normalized spacial score (nSPS) is 16.1. The Morgan fingerprint density at radius 3 is 2.33 bits per heavy atom. The minimum atomic E-state index is -0.584. The lowest BCUT2D eigenvalue weighted by atomic mass is 9.79. The van der Waals surface area contributed by atoms with Crippen LogP contribution in [-0.2, 0) is 9.53 Å². The predicted octanol–water partition coefficient (Wildman–Crippen LogP) is 5.56. The average Bonchev–Trinajstić information content (AvgIpc) is 3.10. The van der Waals surface area contributed by atoms with Crippen LogP contribution in [0.2, 0.25) is 0 Å². The summed E-state index contributed by atoms with van der Waals surface area (Å²) in [5, 5.41) is 11.0. The van der Waals surface area contributed by atoms with Gasteiger partial charge in [-0.05, 0) is 51.3 Å². The van der Waals surface area contributed by atoms with Crippen molar-refractivity contribution in [3.05, 3.63) is 82.6 Å². The number of fused-ring (bicyclic) bond motifs is 1. The number of H-pyrrole nitrogens is 1. The molecule has 1 aliphatic rings. The van der Waals surface area contributed by atoms with E-state index in [1.54, 1.807) is 0 Å². The van der Waals surface area contributed by atoms with Crippen LogP contribution in [0, 0.1) is 6.92 Å². The van der Waals surface area contributed by atoms with Gasteiger partial charge in [-0.15, -0.1) is 0 Å². The third-order valence-electron chi connectivity index (χ3n) is 5.27. The van der Waals surface area contributed by atoms with Crippen LogP contribution in [0.25, 0.3) is 11.3 Å². The second-order valence-corrected chi connectivity index (χ2v) is 8.68. The van der Waals surface area contributed by atoms with E-state index in [-0.39, 0.29) is 11.9 Å². The van der Waals surface area contributed by atoms with Crippen LogP contribution in [0.4, 0.5) is 5.82 Å². The summed E-state index contributed by atoms with van der Waals surface area (Å²) in [4.78, 5) is 13.3. The summed E-state index contributed by atoms with van der Waals surface area (Å²) in [7, 11) is 0. The molecule has 0 amide bonds. The topological polar surface area (TPSA) is 67.0 Å². The van der Waals surface area contributed by atoms with E-state index in [9.17, 15) is 4.79 Å². The zero-order valence-electron chi connectivity index (χ0n) is 18.0. The number of nitrogens with one attached hydrogen (secondary N) is 2. The molecule has 0 saturated carbocycles. The summed E-state index contributed by atoms with van der Waals surface area (Å²) in [6.45, 7) is 9.64. The number of carbonyl (C=O) groups is 1. The Balaban J connectivity index is 1.94. The average molecular weight is 402 g/mol. The molecule has 2 aromatic carbocycles. The molecule has 5 heteroatoms. The van der Waals surface area contributed by atoms with E-state index in [1.165, 1.54) is 0 Å². The molecule has 1 aliphatic heterocycles. The second kappa shape index (κ2) is 7.48. The maximum absolute atomic E-state index is 13.3. The number of esters is 1. The molecule has 3 aromatic rings. The van der Waals surface area contributed by atoms with Gasteiger partial charge in [-0.1, -0.05) is 54.6 Å². The van der Waals surface area contributed by atoms with Gasteiger partial charge >= 0.3 is 5.97 Å². The van der Waals surface area contributed by atoms with Crippen LogP contribution in [0.15, 0.2) is 65.9 Å². The third-order valence-corrected chi connectivity index (χ3v) is 5.27. The number of benzene rings is 2. The van der Waals surface area contributed by atoms with Crippen molar-refractivity contribution in [3.8, 4) is 11.3 Å². The van der Waals surface area contributed by atoms with Gasteiger partial charge in [-0.25, -0.2) is 4.79 Å². The van der Waals surface area contributed by atoms with Crippen LogP contribution in [0.1, 0.15) is 50.3 Å². The Morgan fingerprint density at radius 2 is 1.67 bits per heavy atom. The van der Waals surface area contributed by atoms with Crippen LogP contribution < -0.4 is 5.32 Å². The van der Waals surface area contributed by atoms with E-state index in [2.05, 4.69) is 34.6 Å². The van der Waals surface area contributed by atoms with Crippen LogP contribution in [-0.4, -0.2) is 21.8 Å². The second-order valence-electron chi connectivity index (χ2n) is 8.68. The van der Waals surface area contributed by atoms with Gasteiger partial charge in [0.05, 0.1) is 11.3 Å². The molecule has 0 aliphatic carbocycles.